The quantitative estimate of drug-likeness (QED) is 0.782. The normalized spacial score (nSPS) is 11.9. The maximum absolute atomic E-state index is 10.6. The first-order chi connectivity index (χ1) is 5.88. The van der Waals surface area contributed by atoms with Gasteiger partial charge in [-0.2, -0.15) is 0 Å². The zero-order valence-electron chi connectivity index (χ0n) is 6.88. The predicted octanol–water partition coefficient (Wildman–Crippen LogP) is 2.82. The summed E-state index contributed by atoms with van der Waals surface area (Å²) >= 11 is 7.35. The van der Waals surface area contributed by atoms with Gasteiger partial charge in [-0.1, -0.05) is 11.6 Å². The van der Waals surface area contributed by atoms with Crippen molar-refractivity contribution in [2.24, 2.45) is 0 Å². The molecule has 13 heavy (non-hydrogen) atoms. The second-order valence-corrected chi connectivity index (χ2v) is 7.27. The van der Waals surface area contributed by atoms with E-state index in [1.165, 1.54) is 11.3 Å². The lowest BCUT2D eigenvalue weighted by Gasteiger charge is -1.94. The predicted molar refractivity (Wildman–Crippen MR) is 57.4 cm³/mol. The Hall–Kier alpha value is 0.230. The van der Waals surface area contributed by atoms with Gasteiger partial charge in [0.15, 0.2) is 0 Å². The highest BCUT2D eigenvalue weighted by atomic mass is 35.7. The van der Waals surface area contributed by atoms with Gasteiger partial charge in [0, 0.05) is 20.4 Å². The van der Waals surface area contributed by atoms with Crippen molar-refractivity contribution in [3.63, 3.8) is 0 Å². The van der Waals surface area contributed by atoms with Crippen LogP contribution in [0.3, 0.4) is 0 Å². The van der Waals surface area contributed by atoms with Gasteiger partial charge < -0.3 is 0 Å². The highest BCUT2D eigenvalue weighted by Crippen LogP contribution is 2.27. The summed E-state index contributed by atoms with van der Waals surface area (Å²) in [5.41, 5.74) is 0. The van der Waals surface area contributed by atoms with Crippen LogP contribution in [0.1, 0.15) is 9.75 Å². The van der Waals surface area contributed by atoms with Crippen LogP contribution in [0.5, 0.6) is 0 Å². The van der Waals surface area contributed by atoms with Gasteiger partial charge in [-0.05, 0) is 19.4 Å². The summed E-state index contributed by atoms with van der Waals surface area (Å²) in [5.74, 6) is -0.0613. The van der Waals surface area contributed by atoms with E-state index in [0.717, 1.165) is 9.75 Å². The molecule has 0 atom stereocenters. The Bertz CT molecular complexity index is 395. The maximum Gasteiger partial charge on any atom is 0.232 e. The van der Waals surface area contributed by atoms with Crippen LogP contribution in [0.15, 0.2) is 6.07 Å². The van der Waals surface area contributed by atoms with Crippen LogP contribution in [-0.2, 0) is 15.5 Å². The van der Waals surface area contributed by atoms with Crippen molar-refractivity contribution in [2.45, 2.75) is 13.3 Å². The number of halogens is 2. The van der Waals surface area contributed by atoms with Gasteiger partial charge in [0.2, 0.25) is 9.05 Å². The molecule has 0 bridgehead atoms. The second kappa shape index (κ2) is 4.17. The largest absolute Gasteiger partial charge is 0.232 e. The van der Waals surface area contributed by atoms with Crippen molar-refractivity contribution >= 4 is 42.7 Å². The Morgan fingerprint density at radius 3 is 2.54 bits per heavy atom. The average Bonchev–Trinajstić information content (AvgIpc) is 2.24. The number of thiophene rings is 1. The zero-order valence-corrected chi connectivity index (χ0v) is 10.0. The van der Waals surface area contributed by atoms with Gasteiger partial charge in [-0.25, -0.2) is 8.42 Å². The SMILES string of the molecule is Cc1cc(Cl)c(CCS(=O)(=O)Cl)s1. The summed E-state index contributed by atoms with van der Waals surface area (Å²) < 4.78 is 21.3. The van der Waals surface area contributed by atoms with Gasteiger partial charge in [-0.15, -0.1) is 11.3 Å². The lowest BCUT2D eigenvalue weighted by atomic mass is 10.4. The molecule has 1 aromatic heterocycles. The summed E-state index contributed by atoms with van der Waals surface area (Å²) in [5, 5.41) is 0.628. The van der Waals surface area contributed by atoms with Crippen molar-refractivity contribution in [1.29, 1.82) is 0 Å². The van der Waals surface area contributed by atoms with E-state index in [0.29, 0.717) is 11.4 Å². The lowest BCUT2D eigenvalue weighted by molar-refractivity contribution is 0.609. The van der Waals surface area contributed by atoms with E-state index in [4.69, 9.17) is 22.3 Å². The number of hydrogen-bond donors (Lipinski definition) is 0. The van der Waals surface area contributed by atoms with E-state index >= 15 is 0 Å². The van der Waals surface area contributed by atoms with E-state index in [1.54, 1.807) is 0 Å². The van der Waals surface area contributed by atoms with E-state index < -0.39 is 9.05 Å². The molecular weight excluding hydrogens is 251 g/mol. The van der Waals surface area contributed by atoms with Crippen molar-refractivity contribution in [3.8, 4) is 0 Å². The van der Waals surface area contributed by atoms with Gasteiger partial charge in [-0.3, -0.25) is 0 Å². The smallest absolute Gasteiger partial charge is 0.212 e. The van der Waals surface area contributed by atoms with Crippen LogP contribution in [-0.4, -0.2) is 14.2 Å². The monoisotopic (exact) mass is 258 g/mol. The first kappa shape index (κ1) is 11.3. The van der Waals surface area contributed by atoms with Gasteiger partial charge >= 0.3 is 0 Å². The maximum atomic E-state index is 10.6. The fourth-order valence-corrected chi connectivity index (χ4v) is 3.09. The topological polar surface area (TPSA) is 34.1 Å². The van der Waals surface area contributed by atoms with Crippen LogP contribution in [0, 0.1) is 6.92 Å². The number of aryl methyl sites for hydroxylation is 2. The Morgan fingerprint density at radius 1 is 1.54 bits per heavy atom. The fourth-order valence-electron chi connectivity index (χ4n) is 0.917. The third kappa shape index (κ3) is 3.85. The van der Waals surface area contributed by atoms with Gasteiger partial charge in [0.05, 0.1) is 10.8 Å². The van der Waals surface area contributed by atoms with Crippen LogP contribution >= 0.6 is 33.6 Å². The summed E-state index contributed by atoms with van der Waals surface area (Å²) in [6.07, 6.45) is 0.392. The first-order valence-corrected chi connectivity index (χ1v) is 7.23. The zero-order chi connectivity index (χ0) is 10.1. The Kier molecular flexibility index (Phi) is 3.63. The molecule has 0 aliphatic rings. The van der Waals surface area contributed by atoms with Crippen LogP contribution < -0.4 is 0 Å². The standard InChI is InChI=1S/C7H8Cl2O2S2/c1-5-4-6(8)7(12-5)2-3-13(9,10)11/h4H,2-3H2,1H3. The molecule has 0 saturated heterocycles. The molecule has 0 saturated carbocycles. The molecule has 0 N–H and O–H groups in total. The minimum absolute atomic E-state index is 0.0613. The molecule has 2 nitrogen and oxygen atoms in total. The molecule has 0 unspecified atom stereocenters. The molecule has 1 aromatic rings. The fraction of sp³-hybridized carbons (Fsp3) is 0.429. The lowest BCUT2D eigenvalue weighted by Crippen LogP contribution is -1.99. The summed E-state index contributed by atoms with van der Waals surface area (Å²) in [6.45, 7) is 1.93. The highest BCUT2D eigenvalue weighted by Gasteiger charge is 2.10. The third-order valence-electron chi connectivity index (χ3n) is 1.45. The number of hydrogen-bond acceptors (Lipinski definition) is 3. The van der Waals surface area contributed by atoms with Crippen molar-refractivity contribution in [2.75, 3.05) is 5.75 Å². The van der Waals surface area contributed by atoms with Crippen LogP contribution in [0.2, 0.25) is 5.02 Å². The Labute approximate surface area is 90.9 Å². The van der Waals surface area contributed by atoms with E-state index in [2.05, 4.69) is 0 Å². The molecule has 6 heteroatoms. The molecule has 0 aliphatic carbocycles. The Balaban J connectivity index is 2.70. The molecule has 1 rings (SSSR count). The van der Waals surface area contributed by atoms with Crippen molar-refractivity contribution < 1.29 is 8.42 Å². The molecule has 0 aliphatic heterocycles. The average molecular weight is 259 g/mol. The molecule has 1 heterocycles. The summed E-state index contributed by atoms with van der Waals surface area (Å²) in [7, 11) is 1.67. The first-order valence-electron chi connectivity index (χ1n) is 3.55. The van der Waals surface area contributed by atoms with E-state index in [-0.39, 0.29) is 5.75 Å². The number of rotatable bonds is 3. The summed E-state index contributed by atoms with van der Waals surface area (Å²) in [6, 6.07) is 1.82. The molecule has 0 spiro atoms. The van der Waals surface area contributed by atoms with E-state index in [1.807, 2.05) is 13.0 Å². The van der Waals surface area contributed by atoms with Crippen LogP contribution in [0.4, 0.5) is 0 Å². The van der Waals surface area contributed by atoms with Gasteiger partial charge in [0.25, 0.3) is 0 Å². The van der Waals surface area contributed by atoms with Gasteiger partial charge in [0.1, 0.15) is 0 Å². The minimum atomic E-state index is -3.41. The van der Waals surface area contributed by atoms with E-state index in [9.17, 15) is 8.42 Å². The molecule has 0 radical (unpaired) electrons. The van der Waals surface area contributed by atoms with Crippen molar-refractivity contribution in [3.05, 3.63) is 20.8 Å². The molecule has 0 fully saturated rings. The van der Waals surface area contributed by atoms with Crippen molar-refractivity contribution in [1.82, 2.24) is 0 Å². The summed E-state index contributed by atoms with van der Waals surface area (Å²) in [4.78, 5) is 1.95. The second-order valence-electron chi connectivity index (χ2n) is 2.62. The molecule has 0 amide bonds. The third-order valence-corrected chi connectivity index (χ3v) is 4.17. The Morgan fingerprint density at radius 2 is 2.15 bits per heavy atom. The molecular formula is C7H8Cl2O2S2. The minimum Gasteiger partial charge on any atom is -0.212 e. The highest BCUT2D eigenvalue weighted by molar-refractivity contribution is 8.13. The van der Waals surface area contributed by atoms with Crippen LogP contribution in [0.25, 0.3) is 0 Å². The molecule has 74 valence electrons. The molecule has 0 aromatic carbocycles.